The van der Waals surface area contributed by atoms with Gasteiger partial charge in [-0.25, -0.2) is 8.78 Å². The first kappa shape index (κ1) is 66.4. The van der Waals surface area contributed by atoms with Gasteiger partial charge in [0.2, 0.25) is 6.29 Å². The third-order valence-electron chi connectivity index (χ3n) is 13.1. The molecule has 4 aromatic rings. The summed E-state index contributed by atoms with van der Waals surface area (Å²) in [4.78, 5) is 28.4. The minimum atomic E-state index is -3.70. The number of nitrogens with zero attached hydrogens (tertiary/aromatic N) is 2. The van der Waals surface area contributed by atoms with Gasteiger partial charge in [0.05, 0.1) is 69.6 Å². The molecule has 2 aliphatic rings. The summed E-state index contributed by atoms with van der Waals surface area (Å²) in [6, 6.07) is 41.3. The Kier molecular flexibility index (Phi) is 30.3. The number of halogens is 4. The van der Waals surface area contributed by atoms with Crippen molar-refractivity contribution in [1.29, 1.82) is 10.5 Å². The zero-order chi connectivity index (χ0) is 57.5. The SMILES string of the molecule is CCCC#N.CCOC(=O)C(C#N)CC(F)(F)[C@@H]1O[C@H](CC)[C@H](C)[C@H](OCc2ccccc2)[C@H]1OCc1ccccc1.CCOC(O)C(F)(F)[C@@H]1O[C@H](CC)[C@H](C)[C@H](OCc2ccccc2)[C@H]1OCc1ccccc1.O=C=O. The second-order valence-electron chi connectivity index (χ2n) is 18.6. The topological polar surface area (TPSA) is 193 Å². The van der Waals surface area contributed by atoms with Crippen LogP contribution in [0.25, 0.3) is 0 Å². The minimum absolute atomic E-state index is 0.00382. The molecule has 0 aromatic heterocycles. The Morgan fingerprint density at radius 1 is 0.603 bits per heavy atom. The van der Waals surface area contributed by atoms with E-state index in [9.17, 15) is 15.2 Å². The summed E-state index contributed by atoms with van der Waals surface area (Å²) in [5, 5.41) is 27.3. The van der Waals surface area contributed by atoms with Crippen molar-refractivity contribution in [2.24, 2.45) is 17.8 Å². The molecule has 0 saturated carbocycles. The Labute approximate surface area is 456 Å². The highest BCUT2D eigenvalue weighted by molar-refractivity contribution is 5.75. The minimum Gasteiger partial charge on any atom is -0.465 e. The number of aliphatic hydroxyl groups excluding tert-OH is 1. The number of carbonyl (C=O) groups excluding carboxylic acids is 3. The fourth-order valence-corrected chi connectivity index (χ4v) is 8.99. The number of carbonyl (C=O) groups is 1. The van der Waals surface area contributed by atoms with Crippen LogP contribution >= 0.6 is 0 Å². The van der Waals surface area contributed by atoms with Crippen LogP contribution in [0.3, 0.4) is 0 Å². The smallest absolute Gasteiger partial charge is 0.373 e. The number of aliphatic hydroxyl groups is 1. The molecule has 426 valence electrons. The van der Waals surface area contributed by atoms with Gasteiger partial charge in [-0.1, -0.05) is 156 Å². The lowest BCUT2D eigenvalue weighted by atomic mass is 9.83. The van der Waals surface area contributed by atoms with Gasteiger partial charge in [0.15, 0.2) is 6.10 Å². The molecular formula is C60H76F4N2O12. The molecule has 14 nitrogen and oxygen atoms in total. The molecule has 2 unspecified atom stereocenters. The van der Waals surface area contributed by atoms with Gasteiger partial charge in [-0.2, -0.15) is 28.9 Å². The van der Waals surface area contributed by atoms with Gasteiger partial charge in [0.25, 0.3) is 5.92 Å². The fourth-order valence-electron chi connectivity index (χ4n) is 8.99. The number of ether oxygens (including phenoxy) is 8. The largest absolute Gasteiger partial charge is 0.465 e. The lowest BCUT2D eigenvalue weighted by molar-refractivity contribution is -0.332. The van der Waals surface area contributed by atoms with Crippen LogP contribution in [0.4, 0.5) is 17.6 Å². The molecule has 0 amide bonds. The number of benzene rings is 4. The maximum Gasteiger partial charge on any atom is 0.373 e. The van der Waals surface area contributed by atoms with Crippen LogP contribution in [0.2, 0.25) is 0 Å². The second kappa shape index (κ2) is 35.6. The number of nitriles is 2. The summed E-state index contributed by atoms with van der Waals surface area (Å²) >= 11 is 0. The molecule has 2 aliphatic heterocycles. The van der Waals surface area contributed by atoms with Gasteiger partial charge >= 0.3 is 18.0 Å². The molecule has 2 fully saturated rings. The van der Waals surface area contributed by atoms with Gasteiger partial charge < -0.3 is 43.0 Å². The van der Waals surface area contributed by atoms with E-state index in [1.807, 2.05) is 162 Å². The second-order valence-corrected chi connectivity index (χ2v) is 18.6. The van der Waals surface area contributed by atoms with Crippen molar-refractivity contribution >= 4 is 12.1 Å². The summed E-state index contributed by atoms with van der Waals surface area (Å²) in [6.45, 7) is 13.3. The highest BCUT2D eigenvalue weighted by Crippen LogP contribution is 2.43. The first-order valence-electron chi connectivity index (χ1n) is 26.4. The highest BCUT2D eigenvalue weighted by atomic mass is 19.3. The molecule has 1 N–H and O–H groups in total. The Morgan fingerprint density at radius 3 is 1.27 bits per heavy atom. The number of rotatable bonds is 24. The van der Waals surface area contributed by atoms with Crippen LogP contribution in [-0.2, 0) is 78.7 Å². The van der Waals surface area contributed by atoms with Crippen molar-refractivity contribution in [3.8, 4) is 12.1 Å². The Balaban J connectivity index is 0.000000362. The fraction of sp³-hybridized carbons (Fsp3) is 0.533. The Hall–Kier alpha value is -5.89. The maximum absolute atomic E-state index is 15.9. The molecular weight excluding hydrogens is 1020 g/mol. The van der Waals surface area contributed by atoms with Crippen LogP contribution in [0, 0.1) is 40.4 Å². The monoisotopic (exact) mass is 1090 g/mol. The van der Waals surface area contributed by atoms with E-state index in [2.05, 4.69) is 0 Å². The van der Waals surface area contributed by atoms with Crippen LogP contribution in [0.5, 0.6) is 0 Å². The zero-order valence-electron chi connectivity index (χ0n) is 45.6. The molecule has 0 radical (unpaired) electrons. The Morgan fingerprint density at radius 2 is 0.962 bits per heavy atom. The maximum atomic E-state index is 15.9. The van der Waals surface area contributed by atoms with Crippen molar-refractivity contribution < 1.29 is 74.9 Å². The van der Waals surface area contributed by atoms with Crippen molar-refractivity contribution in [2.45, 2.75) is 174 Å². The van der Waals surface area contributed by atoms with E-state index in [0.29, 0.717) is 19.3 Å². The van der Waals surface area contributed by atoms with Gasteiger partial charge in [-0.15, -0.1) is 0 Å². The van der Waals surface area contributed by atoms with Crippen LogP contribution in [0.15, 0.2) is 121 Å². The summed E-state index contributed by atoms with van der Waals surface area (Å²) in [7, 11) is 0. The zero-order valence-corrected chi connectivity index (χ0v) is 45.6. The summed E-state index contributed by atoms with van der Waals surface area (Å²) in [6.07, 6.45) is -8.48. The Bertz CT molecular complexity index is 2380. The lowest BCUT2D eigenvalue weighted by Gasteiger charge is -2.48. The third kappa shape index (κ3) is 20.7. The van der Waals surface area contributed by atoms with E-state index in [4.69, 9.17) is 52.7 Å². The van der Waals surface area contributed by atoms with Gasteiger partial charge in [0.1, 0.15) is 24.2 Å². The molecule has 2 saturated heterocycles. The van der Waals surface area contributed by atoms with Crippen LogP contribution in [0.1, 0.15) is 103 Å². The molecule has 4 aromatic carbocycles. The molecule has 0 bridgehead atoms. The molecule has 6 rings (SSSR count). The van der Waals surface area contributed by atoms with Crippen LogP contribution in [-0.4, -0.2) is 97.4 Å². The van der Waals surface area contributed by atoms with E-state index in [1.54, 1.807) is 19.9 Å². The summed E-state index contributed by atoms with van der Waals surface area (Å²) in [5.41, 5.74) is 3.50. The standard InChI is InChI=1S/C29H35F2NO5.C26H34F2O5.C4H7N.CO2/c1-4-24-20(3)25(35-18-21-12-8-6-9-13-21)26(36-19-22-14-10-7-11-15-22)27(37-24)29(30,31)16-23(17-32)28(33)34-5-2;1-4-21-18(3)22(31-16-19-12-8-6-9-13-19)23(32-17-20-14-10-7-11-15-20)24(33-21)26(27,28)25(29)30-5-2;1-2-3-4-5;2-1-3/h6-15,20,23-27H,4-5,16,18-19H2,1-3H3;6-15,18,21-25,29H,4-5,16-17H2,1-3H3;2-3H2,1H3;/t20-,23?,24+,25-,26+,27+;18-,21+,22-,23+,24+,25?;;/m00../s1. The molecule has 18 heteroatoms. The van der Waals surface area contributed by atoms with Crippen molar-refractivity contribution in [2.75, 3.05) is 13.2 Å². The first-order valence-corrected chi connectivity index (χ1v) is 26.4. The normalized spacial score (nSPS) is 23.6. The number of alkyl halides is 4. The van der Waals surface area contributed by atoms with E-state index >= 15 is 17.6 Å². The number of unbranched alkanes of at least 4 members (excludes halogenated alkanes) is 1. The predicted molar refractivity (Wildman–Crippen MR) is 280 cm³/mol. The van der Waals surface area contributed by atoms with E-state index in [0.717, 1.165) is 28.7 Å². The van der Waals surface area contributed by atoms with E-state index < -0.39 is 85.3 Å². The van der Waals surface area contributed by atoms with Gasteiger partial charge in [0, 0.05) is 31.3 Å². The molecule has 0 spiro atoms. The van der Waals surface area contributed by atoms with Gasteiger partial charge in [-0.05, 0) is 55.4 Å². The number of esters is 1. The molecule has 2 heterocycles. The average molecular weight is 1090 g/mol. The van der Waals surface area contributed by atoms with Gasteiger partial charge in [-0.3, -0.25) is 4.79 Å². The van der Waals surface area contributed by atoms with Crippen molar-refractivity contribution in [3.05, 3.63) is 144 Å². The predicted octanol–water partition coefficient (Wildman–Crippen LogP) is 11.4. The quantitative estimate of drug-likeness (QED) is 0.0396. The third-order valence-corrected chi connectivity index (χ3v) is 13.1. The molecule has 78 heavy (non-hydrogen) atoms. The van der Waals surface area contributed by atoms with Crippen LogP contribution < -0.4 is 0 Å². The van der Waals surface area contributed by atoms with E-state index in [-0.39, 0.29) is 57.6 Å². The molecule has 0 aliphatic carbocycles. The lowest BCUT2D eigenvalue weighted by Crippen LogP contribution is -2.63. The number of hydrogen-bond donors (Lipinski definition) is 1. The molecule has 12 atom stereocenters. The van der Waals surface area contributed by atoms with Crippen molar-refractivity contribution in [1.82, 2.24) is 0 Å². The summed E-state index contributed by atoms with van der Waals surface area (Å²) in [5.74, 6) is -10.3. The average Bonchev–Trinajstić information content (AvgIpc) is 3.51. The number of hydrogen-bond acceptors (Lipinski definition) is 14. The highest BCUT2D eigenvalue weighted by Gasteiger charge is 2.59. The van der Waals surface area contributed by atoms with E-state index in [1.165, 1.54) is 0 Å². The first-order chi connectivity index (χ1) is 37.5. The van der Waals surface area contributed by atoms with Crippen molar-refractivity contribution in [3.63, 3.8) is 0 Å². The summed E-state index contributed by atoms with van der Waals surface area (Å²) < 4.78 is 109.